The molecule has 11 nitrogen and oxygen atoms in total. The maximum atomic E-state index is 13.6. The summed E-state index contributed by atoms with van der Waals surface area (Å²) in [4.78, 5) is 15.3. The van der Waals surface area contributed by atoms with Gasteiger partial charge in [-0.15, -0.1) is 5.10 Å². The zero-order valence-corrected chi connectivity index (χ0v) is 32.6. The molecule has 4 fully saturated rings. The van der Waals surface area contributed by atoms with E-state index in [1.165, 1.54) is 5.57 Å². The Balaban J connectivity index is 1.49. The summed E-state index contributed by atoms with van der Waals surface area (Å²) in [7, 11) is 1.74. The summed E-state index contributed by atoms with van der Waals surface area (Å²) >= 11 is 0. The van der Waals surface area contributed by atoms with Crippen molar-refractivity contribution in [2.75, 3.05) is 45.8 Å². The van der Waals surface area contributed by atoms with Crippen LogP contribution in [-0.2, 0) is 19.0 Å². The van der Waals surface area contributed by atoms with Crippen LogP contribution in [0.5, 0.6) is 0 Å². The van der Waals surface area contributed by atoms with E-state index >= 15 is 0 Å². The topological polar surface area (TPSA) is 147 Å². The summed E-state index contributed by atoms with van der Waals surface area (Å²) in [6.45, 7) is 23.7. The molecule has 11 heteroatoms. The molecule has 1 unspecified atom stereocenters. The molecule has 4 aliphatic carbocycles. The van der Waals surface area contributed by atoms with Crippen LogP contribution in [0.1, 0.15) is 113 Å². The molecule has 6 rings (SSSR count). The van der Waals surface area contributed by atoms with Crippen molar-refractivity contribution in [1.82, 2.24) is 25.5 Å². The zero-order valence-electron chi connectivity index (χ0n) is 32.6. The molecule has 0 radical (unpaired) electrons. The van der Waals surface area contributed by atoms with Gasteiger partial charge in [-0.25, -0.2) is 0 Å². The maximum absolute atomic E-state index is 13.6. The molecule has 0 aromatic carbocycles. The second-order valence-electron chi connectivity index (χ2n) is 18.7. The number of anilines is 1. The van der Waals surface area contributed by atoms with Crippen molar-refractivity contribution >= 4 is 11.9 Å². The van der Waals surface area contributed by atoms with Crippen LogP contribution in [0.2, 0.25) is 0 Å². The monoisotopic (exact) mass is 699 g/mol. The number of hydrogen-bond donors (Lipinski definition) is 3. The first-order valence-corrected chi connectivity index (χ1v) is 19.4. The number of carboxylic acids is 1. The normalized spacial score (nSPS) is 42.9. The van der Waals surface area contributed by atoms with E-state index < -0.39 is 22.7 Å². The van der Waals surface area contributed by atoms with Crippen molar-refractivity contribution in [3.05, 3.63) is 11.6 Å². The Kier molecular flexibility index (Phi) is 9.87. The Morgan fingerprint density at radius 1 is 1.18 bits per heavy atom. The first-order valence-electron chi connectivity index (χ1n) is 19.4. The van der Waals surface area contributed by atoms with Crippen LogP contribution < -0.4 is 11.1 Å². The largest absolute Gasteiger partial charge is 0.481 e. The molecule has 50 heavy (non-hydrogen) atoms. The molecule has 1 aliphatic heterocycles. The molecular formula is C39H66N6O5. The van der Waals surface area contributed by atoms with Gasteiger partial charge < -0.3 is 30.4 Å². The molecule has 3 saturated carbocycles. The van der Waals surface area contributed by atoms with Crippen LogP contribution in [0.25, 0.3) is 0 Å². The lowest BCUT2D eigenvalue weighted by Gasteiger charge is -2.71. The van der Waals surface area contributed by atoms with Crippen molar-refractivity contribution < 1.29 is 24.1 Å². The fourth-order valence-corrected chi connectivity index (χ4v) is 12.7. The molecule has 1 aromatic rings. The van der Waals surface area contributed by atoms with Crippen LogP contribution in [-0.4, -0.2) is 83.0 Å². The van der Waals surface area contributed by atoms with Gasteiger partial charge >= 0.3 is 5.97 Å². The maximum Gasteiger partial charge on any atom is 0.307 e. The van der Waals surface area contributed by atoms with Crippen LogP contribution in [0, 0.1) is 56.7 Å². The molecule has 1 aromatic heterocycles. The number of likely N-dealkylation sites (N-methyl/N-ethyl adjacent to an activating group) is 1. The fraction of sp³-hybridized carbons (Fsp3) is 0.897. The van der Waals surface area contributed by atoms with Gasteiger partial charge in [0.2, 0.25) is 0 Å². The van der Waals surface area contributed by atoms with E-state index in [0.29, 0.717) is 44.2 Å². The number of aromatic nitrogens is 4. The average Bonchev–Trinajstić information content (AvgIpc) is 3.49. The number of nitrogens with two attached hydrogens (primary N) is 1. The smallest absolute Gasteiger partial charge is 0.307 e. The van der Waals surface area contributed by atoms with Gasteiger partial charge in [0.1, 0.15) is 6.04 Å². The molecule has 5 aliphatic rings. The number of ether oxygens (including phenoxy) is 3. The average molecular weight is 699 g/mol. The molecule has 2 bridgehead atoms. The first kappa shape index (κ1) is 37.7. The Morgan fingerprint density at radius 3 is 2.54 bits per heavy atom. The molecule has 1 saturated heterocycles. The predicted octanol–water partition coefficient (Wildman–Crippen LogP) is 6.17. The molecule has 12 atom stereocenters. The van der Waals surface area contributed by atoms with Gasteiger partial charge in [-0.3, -0.25) is 4.79 Å². The number of fused-ring (bicyclic) bond motifs is 3. The number of allylic oxidation sites excluding steroid dienone is 1. The van der Waals surface area contributed by atoms with E-state index in [0.717, 1.165) is 51.5 Å². The zero-order chi connectivity index (χ0) is 36.5. The lowest BCUT2D eigenvalue weighted by Crippen LogP contribution is -2.70. The third-order valence-electron chi connectivity index (χ3n) is 15.8. The number of rotatable bonds is 12. The highest BCUT2D eigenvalue weighted by Crippen LogP contribution is 2.75. The summed E-state index contributed by atoms with van der Waals surface area (Å²) in [5.74, 6) is 0.340. The van der Waals surface area contributed by atoms with E-state index in [4.69, 9.17) is 19.9 Å². The number of carbonyl (C=O) groups is 1. The van der Waals surface area contributed by atoms with E-state index in [1.54, 1.807) is 11.9 Å². The van der Waals surface area contributed by atoms with Gasteiger partial charge in [0.25, 0.3) is 5.95 Å². The SMILES string of the molecule is CCNC(C)(CCOC)CO[C@H]1[C@H](n2nnc(N)n2)C[C@]2(C)COC[C@@]13C1=CC[C@@]4(C)[C@H](C(=O)O)[C@@](C)([C@H](C)C(C)C)CC[C@]4(C)[C@H]1CC[C@H]23. The first-order chi connectivity index (χ1) is 23.5. The quantitative estimate of drug-likeness (QED) is 0.217. The third-order valence-corrected chi connectivity index (χ3v) is 15.8. The van der Waals surface area contributed by atoms with E-state index in [2.05, 4.69) is 89.1 Å². The summed E-state index contributed by atoms with van der Waals surface area (Å²) in [6, 6.07) is -0.188. The number of tetrazole rings is 1. The second-order valence-corrected chi connectivity index (χ2v) is 18.7. The minimum atomic E-state index is -0.641. The Hall–Kier alpha value is -2.08. The van der Waals surface area contributed by atoms with Gasteiger partial charge in [0.15, 0.2) is 0 Å². The number of nitrogens with one attached hydrogen (secondary N) is 1. The highest BCUT2D eigenvalue weighted by Gasteiger charge is 2.73. The molecule has 2 heterocycles. The van der Waals surface area contributed by atoms with Crippen molar-refractivity contribution in [3.63, 3.8) is 0 Å². The predicted molar refractivity (Wildman–Crippen MR) is 193 cm³/mol. The van der Waals surface area contributed by atoms with Crippen molar-refractivity contribution in [1.29, 1.82) is 0 Å². The number of methoxy groups -OCH3 is 1. The Labute approximate surface area is 300 Å². The standard InChI is InChI=1S/C39H66N6O5/c1-11-41-35(6,18-19-48-10)22-50-31-28(45-43-33(40)42-44-45)20-34(5)21-49-23-39(31)27-14-15-38(9)30(32(46)47)36(7,25(4)24(2)3)16-17-37(38,8)26(27)12-13-29(34)39/h14,24-26,28-31,41H,11-13,15-23H2,1-10H3,(H2,40,43)(H,46,47)/t25-,26+,28-,29-,30-,31+,34-,35?,36-,37-,38+,39+/m1/s1. The highest BCUT2D eigenvalue weighted by atomic mass is 16.5. The van der Waals surface area contributed by atoms with Crippen LogP contribution in [0.3, 0.4) is 0 Å². The molecule has 4 N–H and O–H groups in total. The van der Waals surface area contributed by atoms with Gasteiger partial charge in [-0.1, -0.05) is 72.1 Å². The minimum absolute atomic E-state index is 0.124. The van der Waals surface area contributed by atoms with Crippen LogP contribution in [0.15, 0.2) is 11.6 Å². The summed E-state index contributed by atoms with van der Waals surface area (Å²) in [5.41, 5.74) is 5.78. The molecule has 0 spiro atoms. The number of aliphatic carboxylic acids is 1. The van der Waals surface area contributed by atoms with Crippen molar-refractivity contribution in [2.24, 2.45) is 56.7 Å². The van der Waals surface area contributed by atoms with Crippen LogP contribution in [0.4, 0.5) is 5.95 Å². The molecule has 282 valence electrons. The third kappa shape index (κ3) is 5.49. The van der Waals surface area contributed by atoms with E-state index in [9.17, 15) is 9.90 Å². The lowest BCUT2D eigenvalue weighted by molar-refractivity contribution is -0.255. The molecular weight excluding hydrogens is 632 g/mol. The van der Waals surface area contributed by atoms with Gasteiger partial charge in [0, 0.05) is 24.7 Å². The van der Waals surface area contributed by atoms with Gasteiger partial charge in [0.05, 0.1) is 31.8 Å². The second kappa shape index (κ2) is 13.1. The summed E-state index contributed by atoms with van der Waals surface area (Å²) in [6.07, 6.45) is 8.55. The van der Waals surface area contributed by atoms with Crippen LogP contribution >= 0.6 is 0 Å². The Morgan fingerprint density at radius 2 is 1.92 bits per heavy atom. The number of hydrogen-bond acceptors (Lipinski definition) is 9. The van der Waals surface area contributed by atoms with Gasteiger partial charge in [-0.05, 0) is 109 Å². The van der Waals surface area contributed by atoms with Gasteiger partial charge in [-0.2, -0.15) is 4.80 Å². The number of nitrogens with zero attached hydrogens (tertiary/aromatic N) is 4. The fourth-order valence-electron chi connectivity index (χ4n) is 12.7. The van der Waals surface area contributed by atoms with Crippen molar-refractivity contribution in [2.45, 2.75) is 125 Å². The molecule has 0 amide bonds. The van der Waals surface area contributed by atoms with E-state index in [-0.39, 0.29) is 45.8 Å². The highest BCUT2D eigenvalue weighted by molar-refractivity contribution is 5.73. The van der Waals surface area contributed by atoms with E-state index in [1.807, 2.05) is 0 Å². The lowest BCUT2D eigenvalue weighted by atomic mass is 9.34. The number of nitrogen functional groups attached to an aromatic ring is 1. The summed E-state index contributed by atoms with van der Waals surface area (Å²) < 4.78 is 19.6. The van der Waals surface area contributed by atoms with Crippen molar-refractivity contribution in [3.8, 4) is 0 Å². The minimum Gasteiger partial charge on any atom is -0.481 e. The number of carboxylic acid groups (broad SMARTS) is 1. The summed E-state index contributed by atoms with van der Waals surface area (Å²) in [5, 5.41) is 28.0. The Bertz CT molecular complexity index is 1450.